The van der Waals surface area contributed by atoms with E-state index in [0.29, 0.717) is 0 Å². The summed E-state index contributed by atoms with van der Waals surface area (Å²) in [6.07, 6.45) is -0.678. The maximum absolute atomic E-state index is 12.2. The predicted octanol–water partition coefficient (Wildman–Crippen LogP) is 3.68. The number of hydrogen-bond donors (Lipinski definition) is 1. The minimum atomic E-state index is -0.678. The average Bonchev–Trinajstić information content (AvgIpc) is 2.55. The number of ether oxygens (including phenoxy) is 1. The van der Waals surface area contributed by atoms with Crippen LogP contribution in [0.2, 0.25) is 0 Å². The van der Waals surface area contributed by atoms with Crippen molar-refractivity contribution in [3.63, 3.8) is 0 Å². The minimum Gasteiger partial charge on any atom is -0.367 e. The van der Waals surface area contributed by atoms with E-state index in [2.05, 4.69) is 26.5 Å². The number of carbonyl (C=O) groups excluding carboxylic acids is 1. The molecule has 0 heterocycles. The molecule has 1 unspecified atom stereocenters. The minimum absolute atomic E-state index is 0.301. The van der Waals surface area contributed by atoms with Crippen molar-refractivity contribution in [1.82, 2.24) is 5.43 Å². The third-order valence-electron chi connectivity index (χ3n) is 3.17. The summed E-state index contributed by atoms with van der Waals surface area (Å²) < 4.78 is 6.26. The number of amides is 1. The van der Waals surface area contributed by atoms with Gasteiger partial charge in [0.2, 0.25) is 0 Å². The Morgan fingerprint density at radius 1 is 1.14 bits per heavy atom. The fourth-order valence-corrected chi connectivity index (χ4v) is 2.24. The van der Waals surface area contributed by atoms with Crippen molar-refractivity contribution in [2.45, 2.75) is 13.0 Å². The van der Waals surface area contributed by atoms with Crippen LogP contribution in [0.3, 0.4) is 0 Å². The van der Waals surface area contributed by atoms with Gasteiger partial charge >= 0.3 is 0 Å². The highest BCUT2D eigenvalue weighted by Crippen LogP contribution is 2.16. The molecule has 0 saturated heterocycles. The van der Waals surface area contributed by atoms with Crippen LogP contribution in [-0.2, 0) is 9.53 Å². The lowest BCUT2D eigenvalue weighted by molar-refractivity contribution is -0.131. The van der Waals surface area contributed by atoms with Crippen LogP contribution in [0, 0.1) is 0 Å². The Kier molecular flexibility index (Phi) is 5.86. The molecule has 2 rings (SSSR count). The lowest BCUT2D eigenvalue weighted by Gasteiger charge is -2.14. The first kappa shape index (κ1) is 16.4. The molecule has 1 amide bonds. The van der Waals surface area contributed by atoms with Crippen molar-refractivity contribution in [3.8, 4) is 0 Å². The lowest BCUT2D eigenvalue weighted by Crippen LogP contribution is -2.27. The van der Waals surface area contributed by atoms with Crippen LogP contribution in [0.15, 0.2) is 64.2 Å². The summed E-state index contributed by atoms with van der Waals surface area (Å²) in [6.45, 7) is 1.84. The first-order chi connectivity index (χ1) is 10.6. The normalized spacial score (nSPS) is 12.8. The molecule has 0 saturated carbocycles. The molecule has 0 aromatic heterocycles. The summed E-state index contributed by atoms with van der Waals surface area (Å²) in [4.78, 5) is 12.2. The zero-order valence-corrected chi connectivity index (χ0v) is 14.0. The Bertz CT molecular complexity index is 654. The molecular formula is C17H17BrN2O2. The molecule has 0 fully saturated rings. The average molecular weight is 361 g/mol. The molecule has 0 spiro atoms. The number of hydrazone groups is 1. The van der Waals surface area contributed by atoms with Crippen LogP contribution in [0.4, 0.5) is 0 Å². The lowest BCUT2D eigenvalue weighted by atomic mass is 10.1. The second-order valence-corrected chi connectivity index (χ2v) is 5.62. The number of halogens is 1. The SMILES string of the molecule is COC(C(=O)NN=C(C)c1ccc(Br)cc1)c1ccccc1. The van der Waals surface area contributed by atoms with E-state index in [4.69, 9.17) is 4.74 Å². The van der Waals surface area contributed by atoms with Crippen molar-refractivity contribution < 1.29 is 9.53 Å². The van der Waals surface area contributed by atoms with Gasteiger partial charge in [-0.2, -0.15) is 5.10 Å². The van der Waals surface area contributed by atoms with Crippen LogP contribution in [0.1, 0.15) is 24.2 Å². The molecule has 0 radical (unpaired) electrons. The maximum Gasteiger partial charge on any atom is 0.273 e. The first-order valence-corrected chi connectivity index (χ1v) is 7.59. The maximum atomic E-state index is 12.2. The van der Waals surface area contributed by atoms with Crippen molar-refractivity contribution in [2.24, 2.45) is 5.10 Å². The summed E-state index contributed by atoms with van der Waals surface area (Å²) in [5, 5.41) is 4.14. The zero-order valence-electron chi connectivity index (χ0n) is 12.4. The number of methoxy groups -OCH3 is 1. The number of carbonyl (C=O) groups is 1. The quantitative estimate of drug-likeness (QED) is 0.653. The van der Waals surface area contributed by atoms with E-state index >= 15 is 0 Å². The third-order valence-corrected chi connectivity index (χ3v) is 3.70. The van der Waals surface area contributed by atoms with Gasteiger partial charge in [-0.3, -0.25) is 4.79 Å². The van der Waals surface area contributed by atoms with Gasteiger partial charge in [-0.25, -0.2) is 5.43 Å². The van der Waals surface area contributed by atoms with Gasteiger partial charge in [0.1, 0.15) is 0 Å². The van der Waals surface area contributed by atoms with E-state index in [-0.39, 0.29) is 5.91 Å². The van der Waals surface area contributed by atoms with Crippen molar-refractivity contribution in [2.75, 3.05) is 7.11 Å². The van der Waals surface area contributed by atoms with Crippen molar-refractivity contribution in [3.05, 3.63) is 70.2 Å². The Hall–Kier alpha value is -1.98. The van der Waals surface area contributed by atoms with Gasteiger partial charge in [0.15, 0.2) is 6.10 Å². The molecule has 5 heteroatoms. The molecule has 1 atom stereocenters. The monoisotopic (exact) mass is 360 g/mol. The smallest absolute Gasteiger partial charge is 0.273 e. The fraction of sp³-hybridized carbons (Fsp3) is 0.176. The topological polar surface area (TPSA) is 50.7 Å². The van der Waals surface area contributed by atoms with Gasteiger partial charge < -0.3 is 4.74 Å². The van der Waals surface area contributed by atoms with Gasteiger partial charge in [0, 0.05) is 11.6 Å². The van der Waals surface area contributed by atoms with E-state index in [1.165, 1.54) is 7.11 Å². The van der Waals surface area contributed by atoms with E-state index in [9.17, 15) is 4.79 Å². The standard InChI is InChI=1S/C17H17BrN2O2/c1-12(13-8-10-15(18)11-9-13)19-20-17(21)16(22-2)14-6-4-3-5-7-14/h3-11,16H,1-2H3,(H,20,21). The van der Waals surface area contributed by atoms with Crippen molar-refractivity contribution in [1.29, 1.82) is 0 Å². The highest BCUT2D eigenvalue weighted by Gasteiger charge is 2.19. The van der Waals surface area contributed by atoms with Gasteiger partial charge in [-0.05, 0) is 30.2 Å². The molecule has 0 bridgehead atoms. The Morgan fingerprint density at radius 3 is 2.36 bits per heavy atom. The Morgan fingerprint density at radius 2 is 1.77 bits per heavy atom. The van der Waals surface area contributed by atoms with Gasteiger partial charge in [0.25, 0.3) is 5.91 Å². The summed E-state index contributed by atoms with van der Waals surface area (Å²) in [5.74, 6) is -0.301. The van der Waals surface area contributed by atoms with E-state index < -0.39 is 6.10 Å². The third kappa shape index (κ3) is 4.26. The van der Waals surface area contributed by atoms with E-state index in [1.807, 2.05) is 61.5 Å². The largest absolute Gasteiger partial charge is 0.367 e. The predicted molar refractivity (Wildman–Crippen MR) is 90.7 cm³/mol. The molecule has 1 N–H and O–H groups in total. The summed E-state index contributed by atoms with van der Waals surface area (Å²) in [5.41, 5.74) is 5.02. The fourth-order valence-electron chi connectivity index (χ4n) is 1.98. The van der Waals surface area contributed by atoms with Crippen LogP contribution in [0.5, 0.6) is 0 Å². The van der Waals surface area contributed by atoms with E-state index in [1.54, 1.807) is 0 Å². The van der Waals surface area contributed by atoms with Crippen LogP contribution < -0.4 is 5.43 Å². The molecule has 0 aliphatic heterocycles. The number of nitrogens with one attached hydrogen (secondary N) is 1. The molecule has 22 heavy (non-hydrogen) atoms. The number of hydrogen-bond acceptors (Lipinski definition) is 3. The van der Waals surface area contributed by atoms with Crippen LogP contribution in [0.25, 0.3) is 0 Å². The molecule has 114 valence electrons. The first-order valence-electron chi connectivity index (χ1n) is 6.79. The molecule has 4 nitrogen and oxygen atoms in total. The molecule has 0 aliphatic rings. The highest BCUT2D eigenvalue weighted by molar-refractivity contribution is 9.10. The van der Waals surface area contributed by atoms with Crippen molar-refractivity contribution >= 4 is 27.5 Å². The summed E-state index contributed by atoms with van der Waals surface area (Å²) in [7, 11) is 1.50. The van der Waals surface area contributed by atoms with Gasteiger partial charge in [-0.1, -0.05) is 58.4 Å². The number of rotatable bonds is 5. The molecule has 0 aliphatic carbocycles. The summed E-state index contributed by atoms with van der Waals surface area (Å²) in [6, 6.07) is 17.0. The van der Waals surface area contributed by atoms with E-state index in [0.717, 1.165) is 21.3 Å². The molecule has 2 aromatic carbocycles. The Labute approximate surface area is 138 Å². The molecular weight excluding hydrogens is 344 g/mol. The second kappa shape index (κ2) is 7.87. The second-order valence-electron chi connectivity index (χ2n) is 4.71. The van der Waals surface area contributed by atoms with Gasteiger partial charge in [-0.15, -0.1) is 0 Å². The highest BCUT2D eigenvalue weighted by atomic mass is 79.9. The summed E-state index contributed by atoms with van der Waals surface area (Å²) >= 11 is 3.38. The van der Waals surface area contributed by atoms with Gasteiger partial charge in [0.05, 0.1) is 5.71 Å². The molecule has 2 aromatic rings. The zero-order chi connectivity index (χ0) is 15.9. The Balaban J connectivity index is 2.07. The number of benzene rings is 2. The van der Waals surface area contributed by atoms with Crippen LogP contribution in [-0.4, -0.2) is 18.7 Å². The van der Waals surface area contributed by atoms with Crippen LogP contribution >= 0.6 is 15.9 Å². The number of nitrogens with zero attached hydrogens (tertiary/aromatic N) is 1.